The average Bonchev–Trinajstić information content (AvgIpc) is 2.83. The molecule has 7 nitrogen and oxygen atoms in total. The number of aromatic amines is 1. The molecule has 0 saturated carbocycles. The van der Waals surface area contributed by atoms with Crippen LogP contribution in [-0.4, -0.2) is 31.6 Å². The molecule has 0 saturated heterocycles. The number of carbonyl (C=O) groups is 1. The van der Waals surface area contributed by atoms with Gasteiger partial charge in [-0.1, -0.05) is 0 Å². The van der Waals surface area contributed by atoms with Gasteiger partial charge in [0.15, 0.2) is 0 Å². The first-order valence-corrected chi connectivity index (χ1v) is 7.27. The molecular formula is C12H14N4O3S. The topological polar surface area (TPSA) is 104 Å². The van der Waals surface area contributed by atoms with Crippen molar-refractivity contribution in [3.63, 3.8) is 0 Å². The van der Waals surface area contributed by atoms with E-state index in [4.69, 9.17) is 0 Å². The quantitative estimate of drug-likeness (QED) is 0.778. The first-order valence-electron chi connectivity index (χ1n) is 5.79. The van der Waals surface area contributed by atoms with Crippen LogP contribution in [0.4, 0.5) is 5.82 Å². The minimum Gasteiger partial charge on any atom is -0.355 e. The fourth-order valence-corrected chi connectivity index (χ4v) is 2.66. The molecule has 106 valence electrons. The second-order valence-electron chi connectivity index (χ2n) is 4.14. The SMILES string of the molecule is CNC(=O)c1ccc(S(=O)(=O)Nc2[nH]ncc2C)cc1. The highest BCUT2D eigenvalue weighted by molar-refractivity contribution is 7.92. The Bertz CT molecular complexity index is 719. The minimum atomic E-state index is -3.71. The van der Waals surface area contributed by atoms with Crippen LogP contribution in [0.2, 0.25) is 0 Å². The van der Waals surface area contributed by atoms with Crippen LogP contribution < -0.4 is 10.0 Å². The van der Waals surface area contributed by atoms with Crippen LogP contribution in [0.25, 0.3) is 0 Å². The Balaban J connectivity index is 2.26. The Morgan fingerprint density at radius 2 is 1.90 bits per heavy atom. The van der Waals surface area contributed by atoms with Gasteiger partial charge in [0.2, 0.25) is 0 Å². The van der Waals surface area contributed by atoms with Gasteiger partial charge in [-0.25, -0.2) is 8.42 Å². The van der Waals surface area contributed by atoms with Gasteiger partial charge in [0.25, 0.3) is 15.9 Å². The summed E-state index contributed by atoms with van der Waals surface area (Å²) >= 11 is 0. The number of sulfonamides is 1. The summed E-state index contributed by atoms with van der Waals surface area (Å²) < 4.78 is 26.7. The molecule has 0 fully saturated rings. The van der Waals surface area contributed by atoms with Crippen molar-refractivity contribution in [2.75, 3.05) is 11.8 Å². The van der Waals surface area contributed by atoms with Gasteiger partial charge in [0, 0.05) is 18.2 Å². The van der Waals surface area contributed by atoms with E-state index in [-0.39, 0.29) is 10.8 Å². The lowest BCUT2D eigenvalue weighted by Gasteiger charge is -2.07. The highest BCUT2D eigenvalue weighted by Crippen LogP contribution is 2.17. The Morgan fingerprint density at radius 1 is 1.25 bits per heavy atom. The molecule has 2 aromatic rings. The first kappa shape index (κ1) is 14.1. The van der Waals surface area contributed by atoms with E-state index in [0.29, 0.717) is 16.9 Å². The molecule has 2 rings (SSSR count). The minimum absolute atomic E-state index is 0.0687. The van der Waals surface area contributed by atoms with Gasteiger partial charge in [-0.05, 0) is 31.2 Å². The zero-order valence-corrected chi connectivity index (χ0v) is 11.8. The number of H-pyrrole nitrogens is 1. The summed E-state index contributed by atoms with van der Waals surface area (Å²) in [6, 6.07) is 5.65. The van der Waals surface area contributed by atoms with Gasteiger partial charge in [0.1, 0.15) is 5.82 Å². The van der Waals surface area contributed by atoms with Crippen molar-refractivity contribution in [2.45, 2.75) is 11.8 Å². The van der Waals surface area contributed by atoms with Crippen LogP contribution in [0.5, 0.6) is 0 Å². The van der Waals surface area contributed by atoms with E-state index in [1.165, 1.54) is 37.5 Å². The number of nitrogens with zero attached hydrogens (tertiary/aromatic N) is 1. The third-order valence-electron chi connectivity index (χ3n) is 2.72. The van der Waals surface area contributed by atoms with Crippen LogP contribution in [0, 0.1) is 6.92 Å². The summed E-state index contributed by atoms with van der Waals surface area (Å²) in [4.78, 5) is 11.5. The number of carbonyl (C=O) groups excluding carboxylic acids is 1. The van der Waals surface area contributed by atoms with Crippen molar-refractivity contribution in [2.24, 2.45) is 0 Å². The molecule has 1 amide bonds. The maximum absolute atomic E-state index is 12.1. The Labute approximate surface area is 116 Å². The highest BCUT2D eigenvalue weighted by Gasteiger charge is 2.16. The largest absolute Gasteiger partial charge is 0.355 e. The van der Waals surface area contributed by atoms with Crippen LogP contribution in [0.3, 0.4) is 0 Å². The smallest absolute Gasteiger partial charge is 0.263 e. The van der Waals surface area contributed by atoms with Crippen molar-refractivity contribution >= 4 is 21.7 Å². The van der Waals surface area contributed by atoms with E-state index in [1.807, 2.05) is 0 Å². The fourth-order valence-electron chi connectivity index (χ4n) is 1.57. The molecule has 0 unspecified atom stereocenters. The summed E-state index contributed by atoms with van der Waals surface area (Å²) in [6.45, 7) is 1.73. The fraction of sp³-hybridized carbons (Fsp3) is 0.167. The summed E-state index contributed by atoms with van der Waals surface area (Å²) in [7, 11) is -2.20. The molecule has 0 spiro atoms. The number of rotatable bonds is 4. The van der Waals surface area contributed by atoms with Crippen LogP contribution >= 0.6 is 0 Å². The summed E-state index contributed by atoms with van der Waals surface area (Å²) in [5, 5.41) is 8.77. The van der Waals surface area contributed by atoms with E-state index >= 15 is 0 Å². The molecule has 1 aromatic heterocycles. The van der Waals surface area contributed by atoms with Crippen LogP contribution in [-0.2, 0) is 10.0 Å². The number of benzene rings is 1. The zero-order chi connectivity index (χ0) is 14.8. The third-order valence-corrected chi connectivity index (χ3v) is 4.08. The number of anilines is 1. The van der Waals surface area contributed by atoms with Crippen molar-refractivity contribution in [1.29, 1.82) is 0 Å². The second kappa shape index (κ2) is 5.33. The standard InChI is InChI=1S/C12H14N4O3S/c1-8-7-14-15-11(8)16-20(18,19)10-5-3-9(4-6-10)12(17)13-2/h3-7H,1-2H3,(H,13,17)(H2,14,15,16). The number of aromatic nitrogens is 2. The number of nitrogens with one attached hydrogen (secondary N) is 3. The molecule has 0 atom stereocenters. The molecule has 0 aliphatic heterocycles. The van der Waals surface area contributed by atoms with Crippen LogP contribution in [0.1, 0.15) is 15.9 Å². The number of hydrogen-bond acceptors (Lipinski definition) is 4. The molecular weight excluding hydrogens is 280 g/mol. The van der Waals surface area contributed by atoms with Gasteiger partial charge >= 0.3 is 0 Å². The van der Waals surface area contributed by atoms with E-state index in [1.54, 1.807) is 6.92 Å². The van der Waals surface area contributed by atoms with Crippen LogP contribution in [0.15, 0.2) is 35.4 Å². The van der Waals surface area contributed by atoms with E-state index < -0.39 is 10.0 Å². The van der Waals surface area contributed by atoms with Crippen molar-refractivity contribution in [1.82, 2.24) is 15.5 Å². The predicted octanol–water partition coefficient (Wildman–Crippen LogP) is 0.879. The molecule has 3 N–H and O–H groups in total. The maximum Gasteiger partial charge on any atom is 0.263 e. The second-order valence-corrected chi connectivity index (χ2v) is 5.82. The summed E-state index contributed by atoms with van der Waals surface area (Å²) in [5.74, 6) is 0.0479. The molecule has 20 heavy (non-hydrogen) atoms. The molecule has 0 aliphatic carbocycles. The Hall–Kier alpha value is -2.35. The highest BCUT2D eigenvalue weighted by atomic mass is 32.2. The lowest BCUT2D eigenvalue weighted by Crippen LogP contribution is -2.18. The Morgan fingerprint density at radius 3 is 2.40 bits per heavy atom. The average molecular weight is 294 g/mol. The normalized spacial score (nSPS) is 11.1. The van der Waals surface area contributed by atoms with Crippen molar-refractivity contribution < 1.29 is 13.2 Å². The third kappa shape index (κ3) is 2.80. The summed E-state index contributed by atoms with van der Waals surface area (Å²) in [5.41, 5.74) is 1.08. The molecule has 0 aliphatic rings. The molecule has 8 heteroatoms. The lowest BCUT2D eigenvalue weighted by atomic mass is 10.2. The van der Waals surface area contributed by atoms with E-state index in [0.717, 1.165) is 0 Å². The number of hydrogen-bond donors (Lipinski definition) is 3. The van der Waals surface area contributed by atoms with Gasteiger partial charge in [-0.2, -0.15) is 5.10 Å². The Kier molecular flexibility index (Phi) is 3.75. The monoisotopic (exact) mass is 294 g/mol. The first-order chi connectivity index (χ1) is 9.44. The lowest BCUT2D eigenvalue weighted by molar-refractivity contribution is 0.0963. The number of amides is 1. The number of aryl methyl sites for hydroxylation is 1. The van der Waals surface area contributed by atoms with Gasteiger partial charge in [0.05, 0.1) is 11.1 Å². The van der Waals surface area contributed by atoms with Gasteiger partial charge < -0.3 is 5.32 Å². The predicted molar refractivity (Wildman–Crippen MR) is 74.0 cm³/mol. The van der Waals surface area contributed by atoms with Crippen molar-refractivity contribution in [3.05, 3.63) is 41.6 Å². The molecule has 1 aromatic carbocycles. The van der Waals surface area contributed by atoms with Gasteiger partial charge in [-0.3, -0.25) is 14.6 Å². The molecule has 0 radical (unpaired) electrons. The zero-order valence-electron chi connectivity index (χ0n) is 11.0. The van der Waals surface area contributed by atoms with Gasteiger partial charge in [-0.15, -0.1) is 0 Å². The summed E-state index contributed by atoms with van der Waals surface area (Å²) in [6.07, 6.45) is 1.52. The van der Waals surface area contributed by atoms with Crippen molar-refractivity contribution in [3.8, 4) is 0 Å². The maximum atomic E-state index is 12.1. The molecule has 1 heterocycles. The van der Waals surface area contributed by atoms with E-state index in [2.05, 4.69) is 20.2 Å². The molecule has 0 bridgehead atoms. The van der Waals surface area contributed by atoms with E-state index in [9.17, 15) is 13.2 Å².